The summed E-state index contributed by atoms with van der Waals surface area (Å²) in [7, 11) is 0. The molecule has 4 saturated carbocycles. The fourth-order valence-electron chi connectivity index (χ4n) is 5.90. The van der Waals surface area contributed by atoms with Crippen molar-refractivity contribution in [2.45, 2.75) is 65.3 Å². The zero-order valence-electron chi connectivity index (χ0n) is 14.8. The average Bonchev–Trinajstić information content (AvgIpc) is 2.77. The highest BCUT2D eigenvalue weighted by atomic mass is 79.9. The van der Waals surface area contributed by atoms with Crippen LogP contribution in [0.3, 0.4) is 0 Å². The van der Waals surface area contributed by atoms with Crippen LogP contribution in [0, 0.1) is 37.0 Å². The van der Waals surface area contributed by atoms with Gasteiger partial charge in [0.2, 0.25) is 5.91 Å². The number of amides is 1. The van der Waals surface area contributed by atoms with Gasteiger partial charge in [-0.3, -0.25) is 9.48 Å². The van der Waals surface area contributed by atoms with Crippen molar-refractivity contribution < 1.29 is 4.79 Å². The van der Waals surface area contributed by atoms with Gasteiger partial charge >= 0.3 is 0 Å². The highest BCUT2D eigenvalue weighted by Gasteiger charge is 2.54. The molecule has 4 bridgehead atoms. The summed E-state index contributed by atoms with van der Waals surface area (Å²) in [4.78, 5) is 12.9. The number of rotatable bonds is 5. The second kappa shape index (κ2) is 6.15. The Balaban J connectivity index is 1.30. The molecule has 0 unspecified atom stereocenters. The third-order valence-electron chi connectivity index (χ3n) is 6.65. The van der Waals surface area contributed by atoms with Crippen LogP contribution in [0.4, 0.5) is 0 Å². The molecule has 0 saturated heterocycles. The molecule has 4 aliphatic rings. The molecule has 0 radical (unpaired) electrons. The molecule has 1 aromatic heterocycles. The fraction of sp³-hybridized carbons (Fsp3) is 0.789. The first-order valence-electron chi connectivity index (χ1n) is 9.44. The molecule has 0 aliphatic heterocycles. The lowest BCUT2D eigenvalue weighted by Crippen LogP contribution is -2.53. The van der Waals surface area contributed by atoms with Gasteiger partial charge in [-0.2, -0.15) is 5.10 Å². The maximum absolute atomic E-state index is 12.9. The topological polar surface area (TPSA) is 46.9 Å². The summed E-state index contributed by atoms with van der Waals surface area (Å²) >= 11 is 3.57. The Bertz CT molecular complexity index is 616. The first-order valence-corrected chi connectivity index (χ1v) is 10.2. The molecule has 1 heterocycles. The van der Waals surface area contributed by atoms with Gasteiger partial charge < -0.3 is 5.32 Å². The summed E-state index contributed by atoms with van der Waals surface area (Å²) in [6.45, 7) is 5.72. The largest absolute Gasteiger partial charge is 0.356 e. The number of aromatic nitrogens is 2. The minimum atomic E-state index is -0.0179. The van der Waals surface area contributed by atoms with Crippen molar-refractivity contribution in [3.8, 4) is 0 Å². The molecule has 5 rings (SSSR count). The van der Waals surface area contributed by atoms with E-state index in [-0.39, 0.29) is 5.41 Å². The molecule has 0 spiro atoms. The number of hydrogen-bond donors (Lipinski definition) is 1. The van der Waals surface area contributed by atoms with Crippen LogP contribution in [0.2, 0.25) is 0 Å². The second-order valence-corrected chi connectivity index (χ2v) is 9.31. The van der Waals surface area contributed by atoms with Gasteiger partial charge in [0.1, 0.15) is 0 Å². The van der Waals surface area contributed by atoms with Gasteiger partial charge in [0.05, 0.1) is 10.2 Å². The normalized spacial score (nSPS) is 33.9. The maximum Gasteiger partial charge on any atom is 0.226 e. The Labute approximate surface area is 152 Å². The molecule has 1 N–H and O–H groups in total. The molecule has 1 amide bonds. The first kappa shape index (κ1) is 16.6. The zero-order chi connectivity index (χ0) is 16.9. The molecule has 5 heteroatoms. The number of carbonyl (C=O) groups excluding carboxylic acids is 1. The third-order valence-corrected chi connectivity index (χ3v) is 7.79. The van der Waals surface area contributed by atoms with Crippen LogP contribution in [-0.2, 0) is 11.3 Å². The van der Waals surface area contributed by atoms with E-state index < -0.39 is 0 Å². The van der Waals surface area contributed by atoms with Gasteiger partial charge in [0, 0.05) is 24.2 Å². The SMILES string of the molecule is Cc1nn(CCCNC(=O)C23CC4CC(CC(C4)C2)C3)c(C)c1Br. The monoisotopic (exact) mass is 393 g/mol. The van der Waals surface area contributed by atoms with E-state index in [0.29, 0.717) is 5.91 Å². The number of carbonyl (C=O) groups is 1. The maximum atomic E-state index is 12.9. The van der Waals surface area contributed by atoms with Crippen LogP contribution in [0.15, 0.2) is 4.47 Å². The molecule has 4 aliphatic carbocycles. The molecule has 0 aromatic carbocycles. The van der Waals surface area contributed by atoms with E-state index in [1.807, 2.05) is 11.6 Å². The summed E-state index contributed by atoms with van der Waals surface area (Å²) in [6.07, 6.45) is 8.55. The number of aryl methyl sites for hydroxylation is 2. The van der Waals surface area contributed by atoms with Crippen molar-refractivity contribution in [1.82, 2.24) is 15.1 Å². The number of halogens is 1. The summed E-state index contributed by atoms with van der Waals surface area (Å²) < 4.78 is 3.14. The van der Waals surface area contributed by atoms with Gasteiger partial charge in [0.15, 0.2) is 0 Å². The van der Waals surface area contributed by atoms with Crippen LogP contribution < -0.4 is 5.32 Å². The Morgan fingerprint density at radius 1 is 1.21 bits per heavy atom. The van der Waals surface area contributed by atoms with Gasteiger partial charge in [-0.25, -0.2) is 0 Å². The third kappa shape index (κ3) is 2.83. The predicted molar refractivity (Wildman–Crippen MR) is 97.6 cm³/mol. The van der Waals surface area contributed by atoms with E-state index in [0.717, 1.165) is 66.7 Å². The Morgan fingerprint density at radius 3 is 2.29 bits per heavy atom. The summed E-state index contributed by atoms with van der Waals surface area (Å²) in [6, 6.07) is 0. The van der Waals surface area contributed by atoms with E-state index >= 15 is 0 Å². The van der Waals surface area contributed by atoms with Gasteiger partial charge in [-0.15, -0.1) is 0 Å². The van der Waals surface area contributed by atoms with Crippen LogP contribution in [0.5, 0.6) is 0 Å². The van der Waals surface area contributed by atoms with Crippen molar-refractivity contribution in [2.75, 3.05) is 6.54 Å². The summed E-state index contributed by atoms with van der Waals surface area (Å²) in [5, 5.41) is 7.80. The Morgan fingerprint density at radius 2 is 1.79 bits per heavy atom. The molecule has 4 fully saturated rings. The fourth-order valence-corrected chi connectivity index (χ4v) is 6.18. The molecule has 132 valence electrons. The van der Waals surface area contributed by atoms with E-state index in [9.17, 15) is 4.79 Å². The molecular formula is C19H28BrN3O. The number of nitrogens with one attached hydrogen (secondary N) is 1. The standard InChI is InChI=1S/C19H28BrN3O/c1-12-17(20)13(2)23(22-12)5-3-4-21-18(24)19-9-14-6-15(10-19)8-16(7-14)11-19/h14-16H,3-11H2,1-2H3,(H,21,24). The molecular weight excluding hydrogens is 366 g/mol. The summed E-state index contributed by atoms with van der Waals surface area (Å²) in [5.74, 6) is 2.83. The second-order valence-electron chi connectivity index (χ2n) is 8.52. The van der Waals surface area contributed by atoms with Crippen molar-refractivity contribution in [2.24, 2.45) is 23.2 Å². The lowest BCUT2D eigenvalue weighted by Gasteiger charge is -2.55. The van der Waals surface area contributed by atoms with E-state index in [1.54, 1.807) is 0 Å². The number of nitrogens with zero attached hydrogens (tertiary/aromatic N) is 2. The zero-order valence-corrected chi connectivity index (χ0v) is 16.4. The molecule has 0 atom stereocenters. The van der Waals surface area contributed by atoms with Crippen molar-refractivity contribution >= 4 is 21.8 Å². The van der Waals surface area contributed by atoms with Crippen molar-refractivity contribution in [3.05, 3.63) is 15.9 Å². The first-order chi connectivity index (χ1) is 11.5. The average molecular weight is 394 g/mol. The lowest BCUT2D eigenvalue weighted by molar-refractivity contribution is -0.146. The van der Waals surface area contributed by atoms with Crippen LogP contribution >= 0.6 is 15.9 Å². The van der Waals surface area contributed by atoms with Crippen molar-refractivity contribution in [3.63, 3.8) is 0 Å². The van der Waals surface area contributed by atoms with Crippen LogP contribution in [0.1, 0.15) is 56.3 Å². The van der Waals surface area contributed by atoms with Crippen LogP contribution in [-0.4, -0.2) is 22.2 Å². The smallest absolute Gasteiger partial charge is 0.226 e. The summed E-state index contributed by atoms with van der Waals surface area (Å²) in [5.41, 5.74) is 2.18. The van der Waals surface area contributed by atoms with E-state index in [1.165, 1.54) is 25.0 Å². The molecule has 4 nitrogen and oxygen atoms in total. The van der Waals surface area contributed by atoms with Crippen molar-refractivity contribution in [1.29, 1.82) is 0 Å². The minimum Gasteiger partial charge on any atom is -0.356 e. The van der Waals surface area contributed by atoms with Gasteiger partial charge in [-0.05, 0) is 92.5 Å². The Kier molecular flexibility index (Phi) is 4.26. The predicted octanol–water partition coefficient (Wildman–Crippen LogP) is 3.99. The van der Waals surface area contributed by atoms with E-state index in [4.69, 9.17) is 0 Å². The minimum absolute atomic E-state index is 0.0179. The van der Waals surface area contributed by atoms with Crippen LogP contribution in [0.25, 0.3) is 0 Å². The van der Waals surface area contributed by atoms with Gasteiger partial charge in [0.25, 0.3) is 0 Å². The highest BCUT2D eigenvalue weighted by Crippen LogP contribution is 2.60. The highest BCUT2D eigenvalue weighted by molar-refractivity contribution is 9.10. The molecule has 24 heavy (non-hydrogen) atoms. The Hall–Kier alpha value is -0.840. The quantitative estimate of drug-likeness (QED) is 0.768. The number of hydrogen-bond acceptors (Lipinski definition) is 2. The molecule has 1 aromatic rings. The van der Waals surface area contributed by atoms with Gasteiger partial charge in [-0.1, -0.05) is 0 Å². The lowest BCUT2D eigenvalue weighted by atomic mass is 9.49. The van der Waals surface area contributed by atoms with E-state index in [2.05, 4.69) is 33.3 Å².